The topological polar surface area (TPSA) is 102 Å². The van der Waals surface area contributed by atoms with Gasteiger partial charge in [0.2, 0.25) is 5.91 Å². The van der Waals surface area contributed by atoms with Crippen LogP contribution in [0.3, 0.4) is 0 Å². The van der Waals surface area contributed by atoms with Crippen LogP contribution in [0.15, 0.2) is 55.0 Å². The van der Waals surface area contributed by atoms with Crippen LogP contribution in [0.2, 0.25) is 0 Å². The molecular formula is C17H17N5O3. The maximum atomic E-state index is 12.4. The van der Waals surface area contributed by atoms with Crippen LogP contribution in [-0.2, 0) is 11.3 Å². The Kier molecular flexibility index (Phi) is 4.60. The van der Waals surface area contributed by atoms with Crippen molar-refractivity contribution in [2.24, 2.45) is 0 Å². The SMILES string of the molecule is CC(C(=O)Nc1cccc(Cn2cccn2)c1)n1ccc(C(=O)O)n1. The minimum Gasteiger partial charge on any atom is -0.476 e. The van der Waals surface area contributed by atoms with Gasteiger partial charge in [-0.1, -0.05) is 12.1 Å². The molecule has 0 radical (unpaired) electrons. The first-order valence-electron chi connectivity index (χ1n) is 7.68. The number of anilines is 1. The van der Waals surface area contributed by atoms with Crippen molar-refractivity contribution in [2.75, 3.05) is 5.32 Å². The predicted molar refractivity (Wildman–Crippen MR) is 90.3 cm³/mol. The van der Waals surface area contributed by atoms with E-state index in [-0.39, 0.29) is 11.6 Å². The number of carbonyl (C=O) groups is 2. The van der Waals surface area contributed by atoms with Gasteiger partial charge in [0.15, 0.2) is 5.69 Å². The standard InChI is InChI=1S/C17H17N5O3/c1-12(22-9-6-15(20-22)17(24)25)16(23)19-14-5-2-4-13(10-14)11-21-8-3-7-18-21/h2-10,12H,11H2,1H3,(H,19,23)(H,24,25). The highest BCUT2D eigenvalue weighted by Crippen LogP contribution is 2.15. The minimum absolute atomic E-state index is 0.0964. The molecule has 8 heteroatoms. The van der Waals surface area contributed by atoms with Gasteiger partial charge in [0.05, 0.1) is 6.54 Å². The Balaban J connectivity index is 1.68. The molecule has 0 spiro atoms. The molecule has 0 saturated heterocycles. The molecule has 1 amide bonds. The van der Waals surface area contributed by atoms with Gasteiger partial charge in [-0.15, -0.1) is 0 Å². The van der Waals surface area contributed by atoms with E-state index in [0.29, 0.717) is 12.2 Å². The van der Waals surface area contributed by atoms with Crippen molar-refractivity contribution in [3.8, 4) is 0 Å². The molecule has 1 atom stereocenters. The number of aromatic carboxylic acids is 1. The monoisotopic (exact) mass is 339 g/mol. The molecule has 0 aliphatic heterocycles. The van der Waals surface area contributed by atoms with Crippen LogP contribution in [0.1, 0.15) is 29.0 Å². The van der Waals surface area contributed by atoms with Crippen molar-refractivity contribution >= 4 is 17.6 Å². The highest BCUT2D eigenvalue weighted by Gasteiger charge is 2.18. The molecule has 1 unspecified atom stereocenters. The zero-order valence-corrected chi connectivity index (χ0v) is 13.5. The van der Waals surface area contributed by atoms with Gasteiger partial charge in [-0.25, -0.2) is 4.79 Å². The third-order valence-corrected chi connectivity index (χ3v) is 3.70. The lowest BCUT2D eigenvalue weighted by atomic mass is 10.2. The third kappa shape index (κ3) is 3.92. The molecule has 3 rings (SSSR count). The summed E-state index contributed by atoms with van der Waals surface area (Å²) in [5.74, 6) is -1.41. The molecule has 0 bridgehead atoms. The molecule has 0 fully saturated rings. The summed E-state index contributed by atoms with van der Waals surface area (Å²) in [4.78, 5) is 23.3. The number of carboxylic acids is 1. The van der Waals surface area contributed by atoms with E-state index in [9.17, 15) is 9.59 Å². The summed E-state index contributed by atoms with van der Waals surface area (Å²) in [5, 5.41) is 19.8. The minimum atomic E-state index is -1.13. The molecule has 2 aromatic heterocycles. The van der Waals surface area contributed by atoms with E-state index in [4.69, 9.17) is 5.11 Å². The first-order valence-corrected chi connectivity index (χ1v) is 7.68. The molecular weight excluding hydrogens is 322 g/mol. The van der Waals surface area contributed by atoms with Crippen LogP contribution in [0.25, 0.3) is 0 Å². The van der Waals surface area contributed by atoms with Crippen LogP contribution in [-0.4, -0.2) is 36.5 Å². The van der Waals surface area contributed by atoms with Gasteiger partial charge in [-0.05, 0) is 36.8 Å². The first-order chi connectivity index (χ1) is 12.0. The number of benzene rings is 1. The predicted octanol–water partition coefficient (Wildman–Crippen LogP) is 2.03. The number of aromatic nitrogens is 4. The van der Waals surface area contributed by atoms with Crippen molar-refractivity contribution in [3.05, 3.63) is 66.2 Å². The summed E-state index contributed by atoms with van der Waals surface area (Å²) < 4.78 is 3.12. The summed E-state index contributed by atoms with van der Waals surface area (Å²) >= 11 is 0. The van der Waals surface area contributed by atoms with Gasteiger partial charge in [0.25, 0.3) is 0 Å². The summed E-state index contributed by atoms with van der Waals surface area (Å²) in [5.41, 5.74) is 1.56. The zero-order valence-electron chi connectivity index (χ0n) is 13.5. The van der Waals surface area contributed by atoms with E-state index in [1.165, 1.54) is 16.9 Å². The average Bonchev–Trinajstić information content (AvgIpc) is 3.26. The van der Waals surface area contributed by atoms with E-state index in [1.807, 2.05) is 30.5 Å². The van der Waals surface area contributed by atoms with E-state index < -0.39 is 12.0 Å². The lowest BCUT2D eigenvalue weighted by molar-refractivity contribution is -0.119. The number of nitrogens with one attached hydrogen (secondary N) is 1. The quantitative estimate of drug-likeness (QED) is 0.715. The third-order valence-electron chi connectivity index (χ3n) is 3.70. The van der Waals surface area contributed by atoms with Crippen molar-refractivity contribution in [2.45, 2.75) is 19.5 Å². The Morgan fingerprint density at radius 1 is 1.24 bits per heavy atom. The van der Waals surface area contributed by atoms with Crippen molar-refractivity contribution < 1.29 is 14.7 Å². The number of carbonyl (C=O) groups excluding carboxylic acids is 1. The second kappa shape index (κ2) is 7.00. The Bertz CT molecular complexity index is 885. The Labute approximate surface area is 143 Å². The largest absolute Gasteiger partial charge is 0.476 e. The summed E-state index contributed by atoms with van der Waals surface area (Å²) in [7, 11) is 0. The number of nitrogens with zero attached hydrogens (tertiary/aromatic N) is 4. The van der Waals surface area contributed by atoms with Crippen LogP contribution in [0.4, 0.5) is 5.69 Å². The van der Waals surface area contributed by atoms with Gasteiger partial charge < -0.3 is 10.4 Å². The molecule has 1 aromatic carbocycles. The van der Waals surface area contributed by atoms with Crippen molar-refractivity contribution in [1.82, 2.24) is 19.6 Å². The van der Waals surface area contributed by atoms with Crippen LogP contribution in [0, 0.1) is 0 Å². The second-order valence-corrected chi connectivity index (χ2v) is 5.56. The first kappa shape index (κ1) is 16.4. The summed E-state index contributed by atoms with van der Waals surface area (Å²) in [6, 6.07) is 10.0. The number of rotatable bonds is 6. The maximum absolute atomic E-state index is 12.4. The smallest absolute Gasteiger partial charge is 0.356 e. The Hall–Kier alpha value is -3.42. The number of amides is 1. The molecule has 2 heterocycles. The number of carboxylic acid groups (broad SMARTS) is 1. The zero-order chi connectivity index (χ0) is 17.8. The Morgan fingerprint density at radius 2 is 2.08 bits per heavy atom. The molecule has 0 aliphatic carbocycles. The van der Waals surface area contributed by atoms with Crippen LogP contribution < -0.4 is 5.32 Å². The fourth-order valence-electron chi connectivity index (χ4n) is 2.36. The fraction of sp³-hybridized carbons (Fsp3) is 0.176. The highest BCUT2D eigenvalue weighted by atomic mass is 16.4. The Morgan fingerprint density at radius 3 is 2.76 bits per heavy atom. The van der Waals surface area contributed by atoms with Gasteiger partial charge in [0, 0.05) is 24.3 Å². The molecule has 3 aromatic rings. The lowest BCUT2D eigenvalue weighted by Crippen LogP contribution is -2.24. The lowest BCUT2D eigenvalue weighted by Gasteiger charge is -2.13. The van der Waals surface area contributed by atoms with Gasteiger partial charge >= 0.3 is 5.97 Å². The van der Waals surface area contributed by atoms with Crippen molar-refractivity contribution in [3.63, 3.8) is 0 Å². The number of hydrogen-bond acceptors (Lipinski definition) is 4. The average molecular weight is 339 g/mol. The van der Waals surface area contributed by atoms with E-state index in [2.05, 4.69) is 15.5 Å². The van der Waals surface area contributed by atoms with Gasteiger partial charge in [0.1, 0.15) is 6.04 Å². The van der Waals surface area contributed by atoms with E-state index >= 15 is 0 Å². The van der Waals surface area contributed by atoms with E-state index in [0.717, 1.165) is 5.56 Å². The second-order valence-electron chi connectivity index (χ2n) is 5.56. The molecule has 8 nitrogen and oxygen atoms in total. The molecule has 128 valence electrons. The molecule has 2 N–H and O–H groups in total. The van der Waals surface area contributed by atoms with Gasteiger partial charge in [-0.3, -0.25) is 14.2 Å². The van der Waals surface area contributed by atoms with Crippen molar-refractivity contribution in [1.29, 1.82) is 0 Å². The summed E-state index contributed by atoms with van der Waals surface area (Å²) in [6.45, 7) is 2.26. The van der Waals surface area contributed by atoms with Crippen LogP contribution in [0.5, 0.6) is 0 Å². The highest BCUT2D eigenvalue weighted by molar-refractivity contribution is 5.93. The normalized spacial score (nSPS) is 11.9. The fourth-order valence-corrected chi connectivity index (χ4v) is 2.36. The molecule has 0 saturated carbocycles. The maximum Gasteiger partial charge on any atom is 0.356 e. The van der Waals surface area contributed by atoms with Crippen LogP contribution >= 0.6 is 0 Å². The molecule has 25 heavy (non-hydrogen) atoms. The van der Waals surface area contributed by atoms with Gasteiger partial charge in [-0.2, -0.15) is 10.2 Å². The number of hydrogen-bond donors (Lipinski definition) is 2. The summed E-state index contributed by atoms with van der Waals surface area (Å²) in [6.07, 6.45) is 5.05. The molecule has 0 aliphatic rings. The van der Waals surface area contributed by atoms with E-state index in [1.54, 1.807) is 23.9 Å².